The average molecular weight is 328 g/mol. The van der Waals surface area contributed by atoms with Gasteiger partial charge in [0, 0.05) is 25.6 Å². The van der Waals surface area contributed by atoms with Crippen molar-refractivity contribution in [1.29, 1.82) is 0 Å². The van der Waals surface area contributed by atoms with Crippen molar-refractivity contribution in [2.24, 2.45) is 0 Å². The van der Waals surface area contributed by atoms with Crippen LogP contribution < -0.4 is 0 Å². The van der Waals surface area contributed by atoms with E-state index in [-0.39, 0.29) is 5.91 Å². The first kappa shape index (κ1) is 16.6. The van der Waals surface area contributed by atoms with Crippen molar-refractivity contribution in [3.05, 3.63) is 42.2 Å². The van der Waals surface area contributed by atoms with E-state index in [0.717, 1.165) is 31.5 Å². The highest BCUT2D eigenvalue weighted by Crippen LogP contribution is 2.20. The topological polar surface area (TPSA) is 67.2 Å². The molecule has 0 bridgehead atoms. The van der Waals surface area contributed by atoms with E-state index in [9.17, 15) is 4.79 Å². The molecule has 7 heteroatoms. The lowest BCUT2D eigenvalue weighted by molar-refractivity contribution is -0.136. The van der Waals surface area contributed by atoms with Gasteiger partial charge in [-0.05, 0) is 42.9 Å². The minimum atomic E-state index is -0.390. The summed E-state index contributed by atoms with van der Waals surface area (Å²) in [5, 5.41) is 11.4. The Morgan fingerprint density at radius 1 is 1.25 bits per heavy atom. The summed E-state index contributed by atoms with van der Waals surface area (Å²) in [7, 11) is 4.20. The van der Waals surface area contributed by atoms with Gasteiger partial charge >= 0.3 is 0 Å². The number of likely N-dealkylation sites (tertiary alicyclic amines) is 1. The molecule has 0 N–H and O–H groups in total. The Bertz CT molecular complexity index is 634. The summed E-state index contributed by atoms with van der Waals surface area (Å²) in [4.78, 5) is 17.3. The number of hydrogen-bond acceptors (Lipinski definition) is 5. The summed E-state index contributed by atoms with van der Waals surface area (Å²) in [5.41, 5.74) is 1.11. The summed E-state index contributed by atoms with van der Waals surface area (Å²) in [6.07, 6.45) is 4.13. The van der Waals surface area contributed by atoms with Crippen molar-refractivity contribution in [1.82, 2.24) is 30.0 Å². The van der Waals surface area contributed by atoms with Crippen molar-refractivity contribution in [3.63, 3.8) is 0 Å². The van der Waals surface area contributed by atoms with Crippen LogP contribution >= 0.6 is 0 Å². The molecule has 1 fully saturated rings. The van der Waals surface area contributed by atoms with E-state index in [1.165, 1.54) is 6.33 Å². The van der Waals surface area contributed by atoms with Crippen LogP contribution in [0.15, 0.2) is 36.7 Å². The standard InChI is InChI=1S/C17H24N6O/c1-21(2)15-8-10-22(11-9-15)17(24)16(23-13-18-19-20-23)12-14-6-4-3-5-7-14/h3-7,13,15-16H,8-12H2,1-2H3. The maximum atomic E-state index is 13.1. The van der Waals surface area contributed by atoms with Gasteiger partial charge in [0.15, 0.2) is 0 Å². The predicted molar refractivity (Wildman–Crippen MR) is 90.3 cm³/mol. The van der Waals surface area contributed by atoms with Gasteiger partial charge in [-0.2, -0.15) is 0 Å². The fourth-order valence-corrected chi connectivity index (χ4v) is 3.26. The van der Waals surface area contributed by atoms with E-state index in [1.54, 1.807) is 4.68 Å². The minimum Gasteiger partial charge on any atom is -0.341 e. The third kappa shape index (κ3) is 3.79. The lowest BCUT2D eigenvalue weighted by Crippen LogP contribution is -2.47. The number of benzene rings is 1. The van der Waals surface area contributed by atoms with Crippen LogP contribution in [0.3, 0.4) is 0 Å². The van der Waals surface area contributed by atoms with Crippen molar-refractivity contribution in [3.8, 4) is 0 Å². The zero-order valence-corrected chi connectivity index (χ0v) is 14.2. The normalized spacial score (nSPS) is 17.2. The molecule has 1 saturated heterocycles. The molecule has 128 valence electrons. The molecule has 1 aliphatic rings. The number of tetrazole rings is 1. The fraction of sp³-hybridized carbons (Fsp3) is 0.529. The van der Waals surface area contributed by atoms with Gasteiger partial charge < -0.3 is 9.80 Å². The fourth-order valence-electron chi connectivity index (χ4n) is 3.26. The first-order chi connectivity index (χ1) is 11.6. The number of amides is 1. The number of hydrogen-bond donors (Lipinski definition) is 0. The second-order valence-corrected chi connectivity index (χ2v) is 6.52. The number of aromatic nitrogens is 4. The van der Waals surface area contributed by atoms with Gasteiger partial charge in [-0.25, -0.2) is 4.68 Å². The third-order valence-corrected chi connectivity index (χ3v) is 4.75. The molecule has 0 saturated carbocycles. The van der Waals surface area contributed by atoms with Crippen LogP contribution in [0.4, 0.5) is 0 Å². The quantitative estimate of drug-likeness (QED) is 0.819. The largest absolute Gasteiger partial charge is 0.341 e. The van der Waals surface area contributed by atoms with E-state index in [2.05, 4.69) is 34.5 Å². The average Bonchev–Trinajstić information content (AvgIpc) is 3.14. The minimum absolute atomic E-state index is 0.100. The van der Waals surface area contributed by atoms with Crippen molar-refractivity contribution < 1.29 is 4.79 Å². The summed E-state index contributed by atoms with van der Waals surface area (Å²) in [6, 6.07) is 10.2. The van der Waals surface area contributed by atoms with Gasteiger partial charge in [-0.3, -0.25) is 4.79 Å². The van der Waals surface area contributed by atoms with Crippen molar-refractivity contribution in [2.45, 2.75) is 31.3 Å². The molecule has 3 rings (SSSR count). The molecule has 1 unspecified atom stereocenters. The van der Waals surface area contributed by atoms with Gasteiger partial charge in [0.2, 0.25) is 5.91 Å². The molecule has 1 atom stereocenters. The number of carbonyl (C=O) groups excluding carboxylic acids is 1. The van der Waals surface area contributed by atoms with Gasteiger partial charge in [0.05, 0.1) is 0 Å². The van der Waals surface area contributed by atoms with E-state index in [4.69, 9.17) is 0 Å². The maximum Gasteiger partial charge on any atom is 0.247 e. The number of nitrogens with zero attached hydrogens (tertiary/aromatic N) is 6. The van der Waals surface area contributed by atoms with Crippen LogP contribution in [0.5, 0.6) is 0 Å². The summed E-state index contributed by atoms with van der Waals surface area (Å²) >= 11 is 0. The summed E-state index contributed by atoms with van der Waals surface area (Å²) in [6.45, 7) is 1.57. The van der Waals surface area contributed by atoms with Crippen LogP contribution in [0.1, 0.15) is 24.4 Å². The first-order valence-electron chi connectivity index (χ1n) is 8.37. The summed E-state index contributed by atoms with van der Waals surface area (Å²) < 4.78 is 1.58. The highest BCUT2D eigenvalue weighted by molar-refractivity contribution is 5.80. The van der Waals surface area contributed by atoms with Gasteiger partial charge in [-0.15, -0.1) is 5.10 Å². The second kappa shape index (κ2) is 7.53. The molecule has 0 spiro atoms. The van der Waals surface area contributed by atoms with E-state index < -0.39 is 6.04 Å². The Labute approximate surface area is 142 Å². The number of carbonyl (C=O) groups is 1. The van der Waals surface area contributed by atoms with Crippen LogP contribution in [-0.2, 0) is 11.2 Å². The smallest absolute Gasteiger partial charge is 0.247 e. The van der Waals surface area contributed by atoms with Crippen LogP contribution in [0, 0.1) is 0 Å². The molecule has 0 radical (unpaired) electrons. The van der Waals surface area contributed by atoms with Crippen LogP contribution in [0.25, 0.3) is 0 Å². The Morgan fingerprint density at radius 3 is 2.54 bits per heavy atom. The zero-order valence-electron chi connectivity index (χ0n) is 14.2. The highest BCUT2D eigenvalue weighted by Gasteiger charge is 2.30. The van der Waals surface area contributed by atoms with Gasteiger partial charge in [0.1, 0.15) is 12.4 Å². The Balaban J connectivity index is 1.73. The first-order valence-corrected chi connectivity index (χ1v) is 8.37. The third-order valence-electron chi connectivity index (χ3n) is 4.75. The van der Waals surface area contributed by atoms with Gasteiger partial charge in [0.25, 0.3) is 0 Å². The molecule has 2 heterocycles. The molecule has 1 aliphatic heterocycles. The second-order valence-electron chi connectivity index (χ2n) is 6.52. The Morgan fingerprint density at radius 2 is 1.96 bits per heavy atom. The van der Waals surface area contributed by atoms with Crippen LogP contribution in [0.2, 0.25) is 0 Å². The molecule has 1 amide bonds. The lowest BCUT2D eigenvalue weighted by Gasteiger charge is -2.36. The van der Waals surface area contributed by atoms with E-state index in [1.807, 2.05) is 35.2 Å². The highest BCUT2D eigenvalue weighted by atomic mass is 16.2. The number of piperidine rings is 1. The van der Waals surface area contributed by atoms with Crippen molar-refractivity contribution >= 4 is 5.91 Å². The molecule has 7 nitrogen and oxygen atoms in total. The molecule has 1 aromatic carbocycles. The zero-order chi connectivity index (χ0) is 16.9. The molecule has 0 aliphatic carbocycles. The lowest BCUT2D eigenvalue weighted by atomic mass is 10.0. The van der Waals surface area contributed by atoms with Gasteiger partial charge in [-0.1, -0.05) is 30.3 Å². The summed E-state index contributed by atoms with van der Waals surface area (Å²) in [5.74, 6) is 0.100. The maximum absolute atomic E-state index is 13.1. The molecular weight excluding hydrogens is 304 g/mol. The Kier molecular flexibility index (Phi) is 5.20. The number of rotatable bonds is 5. The predicted octanol–water partition coefficient (Wildman–Crippen LogP) is 1.01. The van der Waals surface area contributed by atoms with E-state index >= 15 is 0 Å². The Hall–Kier alpha value is -2.28. The molecular formula is C17H24N6O. The van der Waals surface area contributed by atoms with Crippen molar-refractivity contribution in [2.75, 3.05) is 27.2 Å². The molecule has 1 aromatic heterocycles. The monoisotopic (exact) mass is 328 g/mol. The SMILES string of the molecule is CN(C)C1CCN(C(=O)C(Cc2ccccc2)n2cnnn2)CC1. The van der Waals surface area contributed by atoms with Crippen LogP contribution in [-0.4, -0.2) is 69.1 Å². The van der Waals surface area contributed by atoms with E-state index in [0.29, 0.717) is 12.5 Å². The molecule has 24 heavy (non-hydrogen) atoms. The molecule has 2 aromatic rings.